The highest BCUT2D eigenvalue weighted by molar-refractivity contribution is 5.68. The molecule has 0 saturated heterocycles. The van der Waals surface area contributed by atoms with Gasteiger partial charge in [0.05, 0.1) is 12.3 Å². The molecule has 0 bridgehead atoms. The van der Waals surface area contributed by atoms with Crippen molar-refractivity contribution in [1.29, 1.82) is 0 Å². The van der Waals surface area contributed by atoms with Crippen molar-refractivity contribution >= 4 is 0 Å². The fraction of sp³-hybridized carbons (Fsp3) is 0.238. The lowest BCUT2D eigenvalue weighted by atomic mass is 10.0. The van der Waals surface area contributed by atoms with Crippen molar-refractivity contribution in [3.05, 3.63) is 76.6 Å². The first-order valence-corrected chi connectivity index (χ1v) is 8.46. The quantitative estimate of drug-likeness (QED) is 0.773. The molecule has 2 aromatic carbocycles. The summed E-state index contributed by atoms with van der Waals surface area (Å²) in [6.45, 7) is 4.32. The number of nitrogens with zero attached hydrogens (tertiary/aromatic N) is 2. The number of hydrogen-bond acceptors (Lipinski definition) is 3. The standard InChI is InChI=1S/C21H22N2O2/c1-15(2)13-23-21(25)19(14-24)12-20(22-23)18-10-8-17(9-11-18)16-6-4-3-5-7-16/h3-12,15,24H,13-14H2,1-2H3. The summed E-state index contributed by atoms with van der Waals surface area (Å²) in [4.78, 5) is 12.3. The van der Waals surface area contributed by atoms with E-state index in [9.17, 15) is 9.90 Å². The maximum absolute atomic E-state index is 12.3. The van der Waals surface area contributed by atoms with Gasteiger partial charge in [0, 0.05) is 17.7 Å². The molecular formula is C21H22N2O2. The lowest BCUT2D eigenvalue weighted by Gasteiger charge is -2.12. The Morgan fingerprint density at radius 1 is 0.960 bits per heavy atom. The number of benzene rings is 2. The van der Waals surface area contributed by atoms with Gasteiger partial charge in [0.15, 0.2) is 0 Å². The van der Waals surface area contributed by atoms with Crippen LogP contribution in [0.1, 0.15) is 19.4 Å². The molecule has 0 aliphatic carbocycles. The fourth-order valence-electron chi connectivity index (χ4n) is 2.78. The molecule has 1 aromatic heterocycles. The second kappa shape index (κ2) is 7.45. The van der Waals surface area contributed by atoms with Gasteiger partial charge in [-0.3, -0.25) is 4.79 Å². The van der Waals surface area contributed by atoms with Crippen molar-refractivity contribution in [1.82, 2.24) is 9.78 Å². The van der Waals surface area contributed by atoms with Gasteiger partial charge < -0.3 is 5.11 Å². The molecule has 128 valence electrons. The summed E-state index contributed by atoms with van der Waals surface area (Å²) >= 11 is 0. The van der Waals surface area contributed by atoms with Crippen molar-refractivity contribution in [3.63, 3.8) is 0 Å². The van der Waals surface area contributed by atoms with Crippen LogP contribution in [0.5, 0.6) is 0 Å². The number of aromatic nitrogens is 2. The summed E-state index contributed by atoms with van der Waals surface area (Å²) in [7, 11) is 0. The molecule has 0 aliphatic rings. The van der Waals surface area contributed by atoms with Crippen molar-refractivity contribution in [2.75, 3.05) is 0 Å². The van der Waals surface area contributed by atoms with Crippen LogP contribution in [0.25, 0.3) is 22.4 Å². The average Bonchev–Trinajstić information content (AvgIpc) is 2.64. The van der Waals surface area contributed by atoms with Gasteiger partial charge >= 0.3 is 0 Å². The van der Waals surface area contributed by atoms with Crippen LogP contribution < -0.4 is 5.56 Å². The maximum Gasteiger partial charge on any atom is 0.272 e. The topological polar surface area (TPSA) is 55.1 Å². The van der Waals surface area contributed by atoms with Crippen LogP contribution in [-0.4, -0.2) is 14.9 Å². The highest BCUT2D eigenvalue weighted by Gasteiger charge is 2.11. The van der Waals surface area contributed by atoms with Crippen molar-refractivity contribution in [2.24, 2.45) is 5.92 Å². The lowest BCUT2D eigenvalue weighted by Crippen LogP contribution is -2.28. The minimum absolute atomic E-state index is 0.221. The van der Waals surface area contributed by atoms with E-state index in [-0.39, 0.29) is 12.2 Å². The Kier molecular flexibility index (Phi) is 5.10. The van der Waals surface area contributed by atoms with E-state index < -0.39 is 0 Å². The van der Waals surface area contributed by atoms with Crippen molar-refractivity contribution in [3.8, 4) is 22.4 Å². The van der Waals surface area contributed by atoms with Gasteiger partial charge in [-0.25, -0.2) is 4.68 Å². The first-order chi connectivity index (χ1) is 12.1. The normalized spacial score (nSPS) is 11.0. The maximum atomic E-state index is 12.3. The summed E-state index contributed by atoms with van der Waals surface area (Å²) < 4.78 is 1.46. The molecule has 4 nitrogen and oxygen atoms in total. The monoisotopic (exact) mass is 334 g/mol. The van der Waals surface area contributed by atoms with Crippen LogP contribution in [0.15, 0.2) is 65.5 Å². The molecule has 0 fully saturated rings. The first kappa shape index (κ1) is 17.1. The molecule has 25 heavy (non-hydrogen) atoms. The second-order valence-corrected chi connectivity index (χ2v) is 6.54. The van der Waals surface area contributed by atoms with Crippen LogP contribution in [-0.2, 0) is 13.2 Å². The molecule has 4 heteroatoms. The lowest BCUT2D eigenvalue weighted by molar-refractivity contribution is 0.277. The van der Waals surface area contributed by atoms with Gasteiger partial charge in [0.2, 0.25) is 0 Å². The van der Waals surface area contributed by atoms with Crippen LogP contribution >= 0.6 is 0 Å². The van der Waals surface area contributed by atoms with E-state index in [1.807, 2.05) is 56.3 Å². The largest absolute Gasteiger partial charge is 0.391 e. The van der Waals surface area contributed by atoms with Gasteiger partial charge in [-0.15, -0.1) is 0 Å². The summed E-state index contributed by atoms with van der Waals surface area (Å²) in [6, 6.07) is 19.9. The van der Waals surface area contributed by atoms with Crippen LogP contribution in [0.4, 0.5) is 0 Å². The zero-order valence-electron chi connectivity index (χ0n) is 14.5. The number of aliphatic hydroxyl groups is 1. The molecule has 0 radical (unpaired) electrons. The van der Waals surface area contributed by atoms with Crippen molar-refractivity contribution < 1.29 is 5.11 Å². The predicted molar refractivity (Wildman–Crippen MR) is 100 cm³/mol. The summed E-state index contributed by atoms with van der Waals surface area (Å²) in [6.07, 6.45) is 0. The molecule has 0 unspecified atom stereocenters. The Labute approximate surface area is 147 Å². The van der Waals surface area contributed by atoms with Crippen LogP contribution in [0, 0.1) is 5.92 Å². The summed E-state index contributed by atoms with van der Waals surface area (Å²) in [5.74, 6) is 0.299. The van der Waals surface area contributed by atoms with Crippen LogP contribution in [0.2, 0.25) is 0 Å². The van der Waals surface area contributed by atoms with E-state index >= 15 is 0 Å². The molecule has 3 aromatic rings. The number of hydrogen-bond donors (Lipinski definition) is 1. The van der Waals surface area contributed by atoms with E-state index in [4.69, 9.17) is 0 Å². The molecule has 0 atom stereocenters. The molecule has 0 aliphatic heterocycles. The first-order valence-electron chi connectivity index (χ1n) is 8.46. The molecular weight excluding hydrogens is 312 g/mol. The van der Waals surface area contributed by atoms with Gasteiger partial charge in [0.25, 0.3) is 5.56 Å². The number of aliphatic hydroxyl groups excluding tert-OH is 1. The molecule has 0 amide bonds. The molecule has 3 rings (SSSR count). The summed E-state index contributed by atoms with van der Waals surface area (Å²) in [5, 5.41) is 14.0. The minimum Gasteiger partial charge on any atom is -0.391 e. The SMILES string of the molecule is CC(C)Cn1nc(-c2ccc(-c3ccccc3)cc2)cc(CO)c1=O. The minimum atomic E-state index is -0.283. The van der Waals surface area contributed by atoms with Crippen molar-refractivity contribution in [2.45, 2.75) is 27.0 Å². The van der Waals surface area contributed by atoms with Gasteiger partial charge in [-0.05, 0) is 23.1 Å². The molecule has 1 heterocycles. The fourth-order valence-corrected chi connectivity index (χ4v) is 2.78. The van der Waals surface area contributed by atoms with E-state index in [0.717, 1.165) is 16.7 Å². The predicted octanol–water partition coefficient (Wildman–Crippen LogP) is 3.73. The summed E-state index contributed by atoms with van der Waals surface area (Å²) in [5.41, 5.74) is 4.06. The third-order valence-electron chi connectivity index (χ3n) is 4.04. The van der Waals surface area contributed by atoms with E-state index in [0.29, 0.717) is 23.7 Å². The van der Waals surface area contributed by atoms with E-state index in [1.165, 1.54) is 4.68 Å². The number of rotatable bonds is 5. The van der Waals surface area contributed by atoms with Gasteiger partial charge in [-0.2, -0.15) is 5.10 Å². The Bertz CT molecular complexity index is 897. The van der Waals surface area contributed by atoms with E-state index in [2.05, 4.69) is 17.2 Å². The third-order valence-corrected chi connectivity index (χ3v) is 4.04. The molecule has 1 N–H and O–H groups in total. The zero-order valence-corrected chi connectivity index (χ0v) is 14.5. The third kappa shape index (κ3) is 3.86. The molecule has 0 spiro atoms. The smallest absolute Gasteiger partial charge is 0.272 e. The highest BCUT2D eigenvalue weighted by atomic mass is 16.3. The molecule has 0 saturated carbocycles. The van der Waals surface area contributed by atoms with Gasteiger partial charge in [-0.1, -0.05) is 68.4 Å². The Morgan fingerprint density at radius 3 is 2.16 bits per heavy atom. The average molecular weight is 334 g/mol. The highest BCUT2D eigenvalue weighted by Crippen LogP contribution is 2.23. The Hall–Kier alpha value is -2.72. The van der Waals surface area contributed by atoms with E-state index in [1.54, 1.807) is 6.07 Å². The zero-order chi connectivity index (χ0) is 17.8. The van der Waals surface area contributed by atoms with Crippen LogP contribution in [0.3, 0.4) is 0 Å². The second-order valence-electron chi connectivity index (χ2n) is 6.54. The Balaban J connectivity index is 2.00. The van der Waals surface area contributed by atoms with Gasteiger partial charge in [0.1, 0.15) is 0 Å². The Morgan fingerprint density at radius 2 is 1.56 bits per heavy atom.